The third-order valence-corrected chi connectivity index (χ3v) is 2.82. The minimum atomic E-state index is -1.13. The number of carboxylic acid groups (broad SMARTS) is 1. The summed E-state index contributed by atoms with van der Waals surface area (Å²) in [6.45, 7) is 6.35. The highest BCUT2D eigenvalue weighted by atomic mass is 16.4. The van der Waals surface area contributed by atoms with Crippen molar-refractivity contribution in [2.75, 3.05) is 11.9 Å². The molecule has 0 aliphatic heterocycles. The van der Waals surface area contributed by atoms with Crippen molar-refractivity contribution in [2.45, 2.75) is 26.2 Å². The summed E-state index contributed by atoms with van der Waals surface area (Å²) in [5.74, 6) is -1.50. The molecule has 0 aliphatic carbocycles. The molecule has 0 heterocycles. The van der Waals surface area contributed by atoms with Crippen LogP contribution in [0.2, 0.25) is 0 Å². The summed E-state index contributed by atoms with van der Waals surface area (Å²) < 4.78 is 0. The van der Waals surface area contributed by atoms with Gasteiger partial charge in [-0.2, -0.15) is 0 Å². The minimum Gasteiger partial charge on any atom is -0.478 e. The van der Waals surface area contributed by atoms with Crippen molar-refractivity contribution in [3.63, 3.8) is 0 Å². The molecule has 1 aromatic carbocycles. The van der Waals surface area contributed by atoms with Crippen LogP contribution in [0.3, 0.4) is 0 Å². The summed E-state index contributed by atoms with van der Waals surface area (Å²) in [5.41, 5.74) is 1.97. The van der Waals surface area contributed by atoms with Gasteiger partial charge in [0, 0.05) is 24.9 Å². The highest BCUT2D eigenvalue weighted by molar-refractivity contribution is 6.03. The van der Waals surface area contributed by atoms with E-state index < -0.39 is 5.97 Å². The highest BCUT2D eigenvalue weighted by Gasteiger charge is 2.14. The average Bonchev–Trinajstić information content (AvgIpc) is 2.34. The fourth-order valence-corrected chi connectivity index (χ4v) is 1.57. The Morgan fingerprint density at radius 2 is 1.63 bits per heavy atom. The van der Waals surface area contributed by atoms with Crippen molar-refractivity contribution in [3.8, 4) is 0 Å². The second kappa shape index (κ2) is 5.69. The fourth-order valence-electron chi connectivity index (χ4n) is 1.57. The molecule has 19 heavy (non-hydrogen) atoms. The van der Waals surface area contributed by atoms with Crippen molar-refractivity contribution in [1.29, 1.82) is 0 Å². The van der Waals surface area contributed by atoms with E-state index in [1.54, 1.807) is 7.05 Å². The zero-order chi connectivity index (χ0) is 14.6. The van der Waals surface area contributed by atoms with Gasteiger partial charge in [-0.15, -0.1) is 0 Å². The van der Waals surface area contributed by atoms with Gasteiger partial charge in [0.25, 0.3) is 5.91 Å². The summed E-state index contributed by atoms with van der Waals surface area (Å²) in [6.07, 6.45) is 1.88. The third-order valence-electron chi connectivity index (χ3n) is 2.82. The monoisotopic (exact) mass is 261 g/mol. The van der Waals surface area contributed by atoms with E-state index in [1.807, 2.05) is 24.3 Å². The van der Waals surface area contributed by atoms with Crippen molar-refractivity contribution < 1.29 is 14.7 Å². The maximum absolute atomic E-state index is 11.7. The first-order valence-electron chi connectivity index (χ1n) is 6.01. The number of aliphatic carboxylic acids is 1. The zero-order valence-corrected chi connectivity index (χ0v) is 11.7. The number of benzene rings is 1. The van der Waals surface area contributed by atoms with E-state index in [-0.39, 0.29) is 11.3 Å². The summed E-state index contributed by atoms with van der Waals surface area (Å²) in [7, 11) is 1.61. The van der Waals surface area contributed by atoms with E-state index in [0.29, 0.717) is 0 Å². The van der Waals surface area contributed by atoms with Crippen molar-refractivity contribution in [1.82, 2.24) is 0 Å². The van der Waals surface area contributed by atoms with Crippen LogP contribution in [0.25, 0.3) is 0 Å². The van der Waals surface area contributed by atoms with Crippen LogP contribution in [0.5, 0.6) is 0 Å². The van der Waals surface area contributed by atoms with Gasteiger partial charge in [-0.1, -0.05) is 32.9 Å². The topological polar surface area (TPSA) is 57.6 Å². The van der Waals surface area contributed by atoms with Crippen molar-refractivity contribution in [2.24, 2.45) is 0 Å². The van der Waals surface area contributed by atoms with Gasteiger partial charge in [0.1, 0.15) is 0 Å². The Hall–Kier alpha value is -2.10. The number of anilines is 1. The molecule has 0 saturated carbocycles. The molecular formula is C15H19NO3. The number of likely N-dealkylation sites (N-methyl/N-ethyl adjacent to an activating group) is 1. The molecule has 1 N–H and O–H groups in total. The van der Waals surface area contributed by atoms with Crippen molar-refractivity contribution >= 4 is 17.6 Å². The first kappa shape index (κ1) is 15.0. The molecule has 1 aromatic rings. The molecule has 1 rings (SSSR count). The molecule has 0 aliphatic rings. The van der Waals surface area contributed by atoms with Gasteiger partial charge < -0.3 is 10.0 Å². The third kappa shape index (κ3) is 4.25. The molecule has 0 saturated heterocycles. The first-order valence-corrected chi connectivity index (χ1v) is 6.01. The molecule has 0 fully saturated rings. The minimum absolute atomic E-state index is 0.0598. The Kier molecular flexibility index (Phi) is 4.48. The quantitative estimate of drug-likeness (QED) is 0.851. The van der Waals surface area contributed by atoms with Gasteiger partial charge in [-0.05, 0) is 23.1 Å². The number of carbonyl (C=O) groups excluding carboxylic acids is 1. The van der Waals surface area contributed by atoms with Gasteiger partial charge in [-0.25, -0.2) is 4.79 Å². The molecule has 102 valence electrons. The van der Waals surface area contributed by atoms with Gasteiger partial charge in [0.2, 0.25) is 0 Å². The molecule has 4 heteroatoms. The zero-order valence-electron chi connectivity index (χ0n) is 11.7. The van der Waals surface area contributed by atoms with Crippen LogP contribution in [-0.4, -0.2) is 24.0 Å². The maximum Gasteiger partial charge on any atom is 0.328 e. The lowest BCUT2D eigenvalue weighted by Crippen LogP contribution is -2.24. The van der Waals surface area contributed by atoms with E-state index in [4.69, 9.17) is 5.11 Å². The van der Waals surface area contributed by atoms with E-state index in [9.17, 15) is 9.59 Å². The molecule has 0 aromatic heterocycles. The lowest BCUT2D eigenvalue weighted by Gasteiger charge is -2.21. The highest BCUT2D eigenvalue weighted by Crippen LogP contribution is 2.24. The Balaban J connectivity index is 2.86. The van der Waals surface area contributed by atoms with Gasteiger partial charge in [0.05, 0.1) is 0 Å². The van der Waals surface area contributed by atoms with Crippen LogP contribution < -0.4 is 4.90 Å². The average molecular weight is 261 g/mol. The maximum atomic E-state index is 11.7. The predicted octanol–water partition coefficient (Wildman–Crippen LogP) is 2.59. The first-order chi connectivity index (χ1) is 8.71. The molecular weight excluding hydrogens is 242 g/mol. The molecule has 0 spiro atoms. The van der Waals surface area contributed by atoms with Crippen LogP contribution in [0.4, 0.5) is 5.69 Å². The SMILES string of the molecule is CN(C(=O)/C=C/C(=O)O)c1ccc(C(C)(C)C)cc1. The van der Waals surface area contributed by atoms with E-state index in [2.05, 4.69) is 20.8 Å². The number of hydrogen-bond donors (Lipinski definition) is 1. The summed E-state index contributed by atoms with van der Waals surface area (Å²) in [5, 5.41) is 8.48. The van der Waals surface area contributed by atoms with Crippen LogP contribution in [0, 0.1) is 0 Å². The van der Waals surface area contributed by atoms with Crippen molar-refractivity contribution in [3.05, 3.63) is 42.0 Å². The Bertz CT molecular complexity index is 495. The number of rotatable bonds is 3. The number of carbonyl (C=O) groups is 2. The molecule has 0 bridgehead atoms. The lowest BCUT2D eigenvalue weighted by molar-refractivity contribution is -0.131. The number of hydrogen-bond acceptors (Lipinski definition) is 2. The Morgan fingerprint density at radius 3 is 2.05 bits per heavy atom. The predicted molar refractivity (Wildman–Crippen MR) is 75.3 cm³/mol. The lowest BCUT2D eigenvalue weighted by atomic mass is 9.87. The van der Waals surface area contributed by atoms with Gasteiger partial charge in [-0.3, -0.25) is 4.79 Å². The van der Waals surface area contributed by atoms with Gasteiger partial charge >= 0.3 is 5.97 Å². The van der Waals surface area contributed by atoms with Crippen LogP contribution in [0.1, 0.15) is 26.3 Å². The fraction of sp³-hybridized carbons (Fsp3) is 0.333. The van der Waals surface area contributed by atoms with Crippen LogP contribution in [-0.2, 0) is 15.0 Å². The van der Waals surface area contributed by atoms with E-state index in [0.717, 1.165) is 17.8 Å². The number of nitrogens with zero attached hydrogens (tertiary/aromatic N) is 1. The van der Waals surface area contributed by atoms with Gasteiger partial charge in [0.15, 0.2) is 0 Å². The second-order valence-electron chi connectivity index (χ2n) is 5.37. The van der Waals surface area contributed by atoms with E-state index in [1.165, 1.54) is 10.5 Å². The smallest absolute Gasteiger partial charge is 0.328 e. The number of carboxylic acids is 1. The largest absolute Gasteiger partial charge is 0.478 e. The Morgan fingerprint density at radius 1 is 1.11 bits per heavy atom. The second-order valence-corrected chi connectivity index (χ2v) is 5.37. The van der Waals surface area contributed by atoms with E-state index >= 15 is 0 Å². The molecule has 0 radical (unpaired) electrons. The van der Waals surface area contributed by atoms with Crippen LogP contribution in [0.15, 0.2) is 36.4 Å². The molecule has 0 unspecified atom stereocenters. The normalized spacial score (nSPS) is 11.6. The summed E-state index contributed by atoms with van der Waals surface area (Å²) >= 11 is 0. The summed E-state index contributed by atoms with van der Waals surface area (Å²) in [4.78, 5) is 23.5. The molecule has 4 nitrogen and oxygen atoms in total. The number of amides is 1. The molecule has 0 atom stereocenters. The standard InChI is InChI=1S/C15H19NO3/c1-15(2,3)11-5-7-12(8-6-11)16(4)13(17)9-10-14(18)19/h5-10H,1-4H3,(H,18,19)/b10-9+. The Labute approximate surface area is 113 Å². The van der Waals surface area contributed by atoms with Crippen LogP contribution >= 0.6 is 0 Å². The molecule has 1 amide bonds. The summed E-state index contributed by atoms with van der Waals surface area (Å²) in [6, 6.07) is 7.65.